The van der Waals surface area contributed by atoms with Crippen LogP contribution in [0.2, 0.25) is 0 Å². The van der Waals surface area contributed by atoms with E-state index >= 15 is 0 Å². The van der Waals surface area contributed by atoms with Crippen molar-refractivity contribution in [3.8, 4) is 17.6 Å². The van der Waals surface area contributed by atoms with Crippen molar-refractivity contribution in [3.05, 3.63) is 64.4 Å². The summed E-state index contributed by atoms with van der Waals surface area (Å²) in [5, 5.41) is 21.6. The fraction of sp³-hybridized carbons (Fsp3) is 0.367. The summed E-state index contributed by atoms with van der Waals surface area (Å²) in [4.78, 5) is 19.5. The molecule has 39 heavy (non-hydrogen) atoms. The molecule has 1 atom stereocenters. The van der Waals surface area contributed by atoms with Gasteiger partial charge in [-0.3, -0.25) is 9.79 Å². The zero-order chi connectivity index (χ0) is 28.0. The fourth-order valence-corrected chi connectivity index (χ4v) is 5.49. The summed E-state index contributed by atoms with van der Waals surface area (Å²) >= 11 is 1.68. The van der Waals surface area contributed by atoms with Gasteiger partial charge in [-0.05, 0) is 43.6 Å². The van der Waals surface area contributed by atoms with E-state index in [1.54, 1.807) is 45.9 Å². The van der Waals surface area contributed by atoms with Crippen LogP contribution in [-0.2, 0) is 16.6 Å². The number of fused-ring (bicyclic) bond motifs is 1. The number of carbonyl (C=O) groups is 1. The van der Waals surface area contributed by atoms with Crippen LogP contribution in [0.3, 0.4) is 0 Å². The number of Topliss-reactive ketones (excluding diaryl/α,β-unsaturated/α-hetero) is 1. The van der Waals surface area contributed by atoms with Gasteiger partial charge in [-0.15, -0.1) is 0 Å². The highest BCUT2D eigenvalue weighted by atomic mass is 32.2. The van der Waals surface area contributed by atoms with Crippen LogP contribution in [0, 0.1) is 22.7 Å². The topological polar surface area (TPSA) is 122 Å². The predicted octanol–water partition coefficient (Wildman–Crippen LogP) is 6.74. The van der Waals surface area contributed by atoms with E-state index in [0.29, 0.717) is 42.2 Å². The fourth-order valence-electron chi connectivity index (χ4n) is 4.31. The van der Waals surface area contributed by atoms with Gasteiger partial charge >= 0.3 is 0 Å². The smallest absolute Gasteiger partial charge is 0.176 e. The molecule has 1 aromatic carbocycles. The summed E-state index contributed by atoms with van der Waals surface area (Å²) in [6, 6.07) is 7.75. The van der Waals surface area contributed by atoms with Crippen molar-refractivity contribution < 1.29 is 18.8 Å². The molecule has 0 spiro atoms. The van der Waals surface area contributed by atoms with Gasteiger partial charge in [0.25, 0.3) is 0 Å². The van der Waals surface area contributed by atoms with Gasteiger partial charge in [0, 0.05) is 48.1 Å². The van der Waals surface area contributed by atoms with Crippen LogP contribution >= 0.6 is 11.8 Å². The lowest BCUT2D eigenvalue weighted by Gasteiger charge is -2.20. The summed E-state index contributed by atoms with van der Waals surface area (Å²) in [6.07, 6.45) is 12.5. The highest BCUT2D eigenvalue weighted by Gasteiger charge is 2.25. The minimum absolute atomic E-state index is 0.0646. The minimum atomic E-state index is -0.754. The van der Waals surface area contributed by atoms with E-state index in [-0.39, 0.29) is 23.8 Å². The number of nitrogens with zero attached hydrogens (tertiary/aromatic N) is 3. The maximum absolute atomic E-state index is 12.7. The van der Waals surface area contributed by atoms with Gasteiger partial charge in [-0.25, -0.2) is 0 Å². The molecule has 1 N–H and O–H groups in total. The Labute approximate surface area is 233 Å². The largest absolute Gasteiger partial charge is 0.493 e. The second-order valence-corrected chi connectivity index (χ2v) is 11.1. The molecule has 9 heteroatoms. The van der Waals surface area contributed by atoms with Crippen molar-refractivity contribution in [2.24, 2.45) is 10.9 Å². The lowest BCUT2D eigenvalue weighted by molar-refractivity contribution is -0.113. The second-order valence-electron chi connectivity index (χ2n) is 9.95. The number of nitriles is 1. The molecule has 8 nitrogen and oxygen atoms in total. The van der Waals surface area contributed by atoms with Crippen LogP contribution in [0.4, 0.5) is 5.69 Å². The number of aliphatic imine (C=N–C) groups is 1. The number of aromatic nitrogens is 1. The average molecular weight is 545 g/mol. The Morgan fingerprint density at radius 1 is 1.26 bits per heavy atom. The molecule has 2 aliphatic rings. The quantitative estimate of drug-likeness (QED) is 0.311. The van der Waals surface area contributed by atoms with Gasteiger partial charge in [0.15, 0.2) is 17.3 Å². The van der Waals surface area contributed by atoms with Crippen LogP contribution in [-0.4, -0.2) is 37.1 Å². The molecule has 0 saturated heterocycles. The molecule has 0 fully saturated rings. The first-order chi connectivity index (χ1) is 18.7. The van der Waals surface area contributed by atoms with E-state index in [0.717, 1.165) is 27.5 Å². The zero-order valence-electron chi connectivity index (χ0n) is 22.6. The third-order valence-electron chi connectivity index (χ3n) is 6.66. The van der Waals surface area contributed by atoms with Crippen molar-refractivity contribution >= 4 is 40.1 Å². The molecule has 202 valence electrons. The SMILES string of the molecule is COc1cc2c(cc1OC)C(SC1=CC=CC(CC(=N)C(=O)CCc3cc(C(C)(C)C#N)no3)C1)=CCC=N2. The van der Waals surface area contributed by atoms with Crippen molar-refractivity contribution in [1.82, 2.24) is 5.16 Å². The molecular weight excluding hydrogens is 512 g/mol. The Balaban J connectivity index is 1.35. The van der Waals surface area contributed by atoms with Crippen LogP contribution in [0.25, 0.3) is 4.91 Å². The predicted molar refractivity (Wildman–Crippen MR) is 154 cm³/mol. The number of aryl methyl sites for hydroxylation is 1. The first kappa shape index (κ1) is 28.1. The van der Waals surface area contributed by atoms with Gasteiger partial charge in [0.1, 0.15) is 11.5 Å². The Hall–Kier alpha value is -3.90. The number of ether oxygens (including phenoxy) is 2. The van der Waals surface area contributed by atoms with E-state index in [1.807, 2.05) is 24.4 Å². The van der Waals surface area contributed by atoms with E-state index in [2.05, 4.69) is 34.4 Å². The Kier molecular flexibility index (Phi) is 8.87. The summed E-state index contributed by atoms with van der Waals surface area (Å²) < 4.78 is 16.3. The summed E-state index contributed by atoms with van der Waals surface area (Å²) in [5.41, 5.74) is 1.71. The number of hydrogen-bond donors (Lipinski definition) is 1. The number of rotatable bonds is 11. The van der Waals surface area contributed by atoms with Crippen LogP contribution < -0.4 is 9.47 Å². The normalized spacial score (nSPS) is 16.4. The summed E-state index contributed by atoms with van der Waals surface area (Å²) in [7, 11) is 3.23. The molecule has 2 heterocycles. The maximum atomic E-state index is 12.7. The third kappa shape index (κ3) is 6.76. The summed E-state index contributed by atoms with van der Waals surface area (Å²) in [5.74, 6) is 1.69. The zero-order valence-corrected chi connectivity index (χ0v) is 23.4. The highest BCUT2D eigenvalue weighted by molar-refractivity contribution is 8.11. The molecule has 4 rings (SSSR count). The number of methoxy groups -OCH3 is 2. The van der Waals surface area contributed by atoms with E-state index in [9.17, 15) is 10.1 Å². The van der Waals surface area contributed by atoms with Crippen molar-refractivity contribution in [1.29, 1.82) is 10.7 Å². The monoisotopic (exact) mass is 544 g/mol. The van der Waals surface area contributed by atoms with Crippen molar-refractivity contribution in [2.45, 2.75) is 51.4 Å². The molecule has 0 amide bonds. The average Bonchev–Trinajstić information content (AvgIpc) is 3.35. The van der Waals surface area contributed by atoms with E-state index in [1.165, 1.54) is 0 Å². The van der Waals surface area contributed by atoms with Gasteiger partial charge < -0.3 is 19.4 Å². The lowest BCUT2D eigenvalue weighted by Crippen LogP contribution is -2.18. The molecule has 1 unspecified atom stereocenters. The number of carbonyl (C=O) groups excluding carboxylic acids is 1. The highest BCUT2D eigenvalue weighted by Crippen LogP contribution is 2.46. The van der Waals surface area contributed by atoms with Crippen LogP contribution in [0.5, 0.6) is 11.5 Å². The van der Waals surface area contributed by atoms with Crippen LogP contribution in [0.15, 0.2) is 56.9 Å². The van der Waals surface area contributed by atoms with Crippen molar-refractivity contribution in [2.75, 3.05) is 14.2 Å². The minimum Gasteiger partial charge on any atom is -0.493 e. The van der Waals surface area contributed by atoms with E-state index < -0.39 is 5.41 Å². The summed E-state index contributed by atoms with van der Waals surface area (Å²) in [6.45, 7) is 3.53. The number of thioether (sulfide) groups is 1. The molecular formula is C30H32N4O4S. The Morgan fingerprint density at radius 2 is 2.03 bits per heavy atom. The van der Waals surface area contributed by atoms with E-state index in [4.69, 9.17) is 19.4 Å². The van der Waals surface area contributed by atoms with Crippen LogP contribution in [0.1, 0.15) is 56.5 Å². The molecule has 0 saturated carbocycles. The van der Waals surface area contributed by atoms with Gasteiger partial charge in [0.2, 0.25) is 0 Å². The van der Waals surface area contributed by atoms with Gasteiger partial charge in [0.05, 0.1) is 37.1 Å². The molecule has 0 radical (unpaired) electrons. The van der Waals surface area contributed by atoms with Crippen molar-refractivity contribution in [3.63, 3.8) is 0 Å². The number of nitrogens with one attached hydrogen (secondary N) is 1. The third-order valence-corrected chi connectivity index (χ3v) is 7.83. The first-order valence-electron chi connectivity index (χ1n) is 12.8. The Morgan fingerprint density at radius 3 is 2.77 bits per heavy atom. The number of benzene rings is 1. The first-order valence-corrected chi connectivity index (χ1v) is 13.6. The Bertz CT molecular complexity index is 1420. The molecule has 1 aliphatic carbocycles. The molecule has 1 aromatic heterocycles. The van der Waals surface area contributed by atoms with Gasteiger partial charge in [-0.1, -0.05) is 41.2 Å². The number of hydrogen-bond acceptors (Lipinski definition) is 9. The molecule has 1 aliphatic heterocycles. The lowest BCUT2D eigenvalue weighted by atomic mass is 9.91. The molecule has 2 aromatic rings. The molecule has 0 bridgehead atoms. The maximum Gasteiger partial charge on any atom is 0.176 e. The standard InChI is InChI=1S/C30H32N4O4S/c1-30(2,18-31)29-15-20(38-34-29)10-11-25(35)23(32)14-19-7-5-8-21(13-19)39-28-9-6-12-33-24-17-27(37-4)26(36-3)16-22(24)28/h5,7-9,12,15-17,19,32H,6,10-11,13-14H2,1-4H3. The second kappa shape index (κ2) is 12.3. The number of ketones is 1. The number of allylic oxidation sites excluding steroid dienone is 5. The van der Waals surface area contributed by atoms with Gasteiger partial charge in [-0.2, -0.15) is 5.26 Å².